The number of esters is 6. The van der Waals surface area contributed by atoms with E-state index >= 15 is 0 Å². The predicted octanol–water partition coefficient (Wildman–Crippen LogP) is 9.73. The van der Waals surface area contributed by atoms with E-state index < -0.39 is 110 Å². The molecule has 0 unspecified atom stereocenters. The van der Waals surface area contributed by atoms with E-state index in [0.29, 0.717) is 6.42 Å². The van der Waals surface area contributed by atoms with Gasteiger partial charge in [0, 0.05) is 6.61 Å². The van der Waals surface area contributed by atoms with Crippen LogP contribution in [-0.4, -0.2) is 122 Å². The molecule has 0 bridgehead atoms. The molecule has 0 saturated carbocycles. The van der Waals surface area contributed by atoms with Gasteiger partial charge in [0.2, 0.25) is 0 Å². The molecular weight excluding hydrogens is 1040 g/mol. The second kappa shape index (κ2) is 30.3. The second-order valence-corrected chi connectivity index (χ2v) is 19.1. The molecule has 8 rings (SSSR count). The Morgan fingerprint density at radius 1 is 0.395 bits per heavy atom. The molecule has 2 aliphatic rings. The van der Waals surface area contributed by atoms with Crippen molar-refractivity contribution >= 4 is 35.8 Å². The summed E-state index contributed by atoms with van der Waals surface area (Å²) in [6.07, 6.45) is -9.11. The van der Waals surface area contributed by atoms with Gasteiger partial charge >= 0.3 is 35.8 Å². The number of allylic oxidation sites excluding steroid dienone is 1. The molecule has 0 aliphatic carbocycles. The third-order valence-electron chi connectivity index (χ3n) is 13.4. The topological polar surface area (TPSA) is 215 Å². The van der Waals surface area contributed by atoms with E-state index in [2.05, 4.69) is 6.58 Å². The van der Waals surface area contributed by atoms with Gasteiger partial charge in [-0.1, -0.05) is 141 Å². The smallest absolute Gasteiger partial charge is 0.338 e. The molecule has 81 heavy (non-hydrogen) atoms. The maximum absolute atomic E-state index is 14.5. The van der Waals surface area contributed by atoms with Crippen LogP contribution in [0.1, 0.15) is 107 Å². The Morgan fingerprint density at radius 2 is 0.728 bits per heavy atom. The first kappa shape index (κ1) is 58.8. The van der Waals surface area contributed by atoms with Gasteiger partial charge in [-0.15, -0.1) is 6.58 Å². The van der Waals surface area contributed by atoms with Crippen LogP contribution in [0.5, 0.6) is 0 Å². The fraction of sp³-hybridized carbons (Fsp3) is 0.312. The van der Waals surface area contributed by atoms with Crippen LogP contribution in [0.25, 0.3) is 0 Å². The van der Waals surface area contributed by atoms with E-state index in [0.717, 1.165) is 38.5 Å². The average Bonchev–Trinajstić information content (AvgIpc) is 3.61. The second-order valence-electron chi connectivity index (χ2n) is 19.1. The Kier molecular flexibility index (Phi) is 22.0. The SMILES string of the molecule is C=CCCCCCCCCO[C@H]1O[C@H](COC(=O)c2ccccc2)[C@@H](O[C@@H]2O[C@H](CO)[C@H](OC(=O)c3ccccc3)[C@H](OC(=O)c3ccccc3)[C@H]2OC(=O)c2ccccc2)[C@H](OC(=O)c2ccccc2)[C@@H]1OC(=O)c1ccccc1. The number of benzene rings is 6. The molecule has 0 aromatic heterocycles. The summed E-state index contributed by atoms with van der Waals surface area (Å²) >= 11 is 0. The minimum atomic E-state index is -1.97. The quantitative estimate of drug-likeness (QED) is 0.0231. The van der Waals surface area contributed by atoms with Crippen LogP contribution >= 0.6 is 0 Å². The van der Waals surface area contributed by atoms with Gasteiger partial charge in [0.25, 0.3) is 0 Å². The summed E-state index contributed by atoms with van der Waals surface area (Å²) in [5.41, 5.74) is 0.543. The normalized spacial score (nSPS) is 22.2. The van der Waals surface area contributed by atoms with Gasteiger partial charge < -0.3 is 52.5 Å². The molecule has 1 N–H and O–H groups in total. The summed E-state index contributed by atoms with van der Waals surface area (Å²) in [6.45, 7) is 2.35. The molecule has 0 amide bonds. The number of carbonyl (C=O) groups is 6. The molecule has 17 nitrogen and oxygen atoms in total. The minimum absolute atomic E-state index is 0.0356. The van der Waals surface area contributed by atoms with E-state index in [4.69, 9.17) is 47.4 Å². The fourth-order valence-electron chi connectivity index (χ4n) is 9.20. The maximum atomic E-state index is 14.5. The van der Waals surface area contributed by atoms with Crippen molar-refractivity contribution in [3.8, 4) is 0 Å². The Morgan fingerprint density at radius 3 is 1.14 bits per heavy atom. The number of rotatable bonds is 26. The van der Waals surface area contributed by atoms with Gasteiger partial charge in [-0.3, -0.25) is 0 Å². The number of aliphatic hydroxyl groups is 1. The van der Waals surface area contributed by atoms with Crippen LogP contribution < -0.4 is 0 Å². The van der Waals surface area contributed by atoms with Crippen molar-refractivity contribution in [2.75, 3.05) is 19.8 Å². The maximum Gasteiger partial charge on any atom is 0.338 e. The van der Waals surface area contributed by atoms with Crippen molar-refractivity contribution in [2.24, 2.45) is 0 Å². The van der Waals surface area contributed by atoms with Crippen molar-refractivity contribution in [1.29, 1.82) is 0 Å². The summed E-state index contributed by atoms with van der Waals surface area (Å²) in [6, 6.07) is 47.6. The lowest BCUT2D eigenvalue weighted by Crippen LogP contribution is -2.67. The molecule has 2 fully saturated rings. The van der Waals surface area contributed by atoms with Crippen LogP contribution in [-0.2, 0) is 47.4 Å². The minimum Gasteiger partial charge on any atom is -0.459 e. The number of carbonyl (C=O) groups excluding carboxylic acids is 6. The predicted molar refractivity (Wildman–Crippen MR) is 293 cm³/mol. The highest BCUT2D eigenvalue weighted by Gasteiger charge is 2.58. The number of hydrogen-bond acceptors (Lipinski definition) is 17. The van der Waals surface area contributed by atoms with Crippen LogP contribution in [0.2, 0.25) is 0 Å². The molecule has 2 saturated heterocycles. The van der Waals surface area contributed by atoms with E-state index in [1.807, 2.05) is 6.08 Å². The van der Waals surface area contributed by atoms with E-state index in [-0.39, 0.29) is 40.0 Å². The third kappa shape index (κ3) is 16.4. The molecule has 0 spiro atoms. The van der Waals surface area contributed by atoms with Gasteiger partial charge in [0.1, 0.15) is 24.9 Å². The van der Waals surface area contributed by atoms with Gasteiger partial charge in [0.15, 0.2) is 43.1 Å². The lowest BCUT2D eigenvalue weighted by atomic mass is 9.95. The Bertz CT molecular complexity index is 2950. The highest BCUT2D eigenvalue weighted by Crippen LogP contribution is 2.37. The standard InChI is InChI=1S/C64H64O17/c1-2-3-4-5-6-7-8-27-40-72-63-55(79-61(70)47-36-23-13-24-37-47)54(78-60(69)46-34-21-12-22-35-46)52(50(75-63)42-73-57(66)43-28-15-9-16-29-43)81-64-56(80-62(71)48-38-25-14-26-39-48)53(77-59(68)45-32-19-11-20-33-45)51(49(41-65)74-64)76-58(67)44-30-17-10-18-31-44/h2,9-26,28-39,49-56,63-65H,1,3-8,27,40-42H2/t49-,50-,51+,52-,53+,54+,55+,56-,63+,64+/m1/s1. The summed E-state index contributed by atoms with van der Waals surface area (Å²) in [4.78, 5) is 85.4. The fourth-order valence-corrected chi connectivity index (χ4v) is 9.20. The molecule has 17 heteroatoms. The molecule has 422 valence electrons. The van der Waals surface area contributed by atoms with Gasteiger partial charge in [-0.2, -0.15) is 0 Å². The number of unbranched alkanes of at least 4 members (excludes halogenated alkanes) is 6. The van der Waals surface area contributed by atoms with E-state index in [1.165, 1.54) is 60.7 Å². The Balaban J connectivity index is 1.24. The average molecular weight is 1110 g/mol. The van der Waals surface area contributed by atoms with Gasteiger partial charge in [-0.05, 0) is 92.1 Å². The Hall–Kier alpha value is -8.32. The van der Waals surface area contributed by atoms with Crippen molar-refractivity contribution < 1.29 is 81.2 Å². The van der Waals surface area contributed by atoms with Crippen molar-refractivity contribution in [3.63, 3.8) is 0 Å². The first-order valence-corrected chi connectivity index (χ1v) is 26.9. The van der Waals surface area contributed by atoms with Gasteiger partial charge in [-0.25, -0.2) is 28.8 Å². The highest BCUT2D eigenvalue weighted by molar-refractivity contribution is 5.92. The lowest BCUT2D eigenvalue weighted by molar-refractivity contribution is -0.356. The van der Waals surface area contributed by atoms with Crippen LogP contribution in [0.15, 0.2) is 195 Å². The lowest BCUT2D eigenvalue weighted by Gasteiger charge is -2.48. The molecule has 2 heterocycles. The highest BCUT2D eigenvalue weighted by atomic mass is 16.8. The van der Waals surface area contributed by atoms with Crippen molar-refractivity contribution in [2.45, 2.75) is 106 Å². The molecule has 10 atom stereocenters. The summed E-state index contributed by atoms with van der Waals surface area (Å²) in [7, 11) is 0. The zero-order chi connectivity index (χ0) is 56.8. The number of hydrogen-bond donors (Lipinski definition) is 1. The number of ether oxygens (including phenoxy) is 10. The van der Waals surface area contributed by atoms with Crippen LogP contribution in [0.3, 0.4) is 0 Å². The first-order valence-electron chi connectivity index (χ1n) is 26.9. The first-order chi connectivity index (χ1) is 39.6. The molecule has 0 radical (unpaired) electrons. The van der Waals surface area contributed by atoms with E-state index in [9.17, 15) is 33.9 Å². The van der Waals surface area contributed by atoms with E-state index in [1.54, 1.807) is 121 Å². The number of aliphatic hydroxyl groups excluding tert-OH is 1. The zero-order valence-electron chi connectivity index (χ0n) is 44.4. The summed E-state index contributed by atoms with van der Waals surface area (Å²) in [5, 5.41) is 11.2. The van der Waals surface area contributed by atoms with Crippen LogP contribution in [0, 0.1) is 0 Å². The van der Waals surface area contributed by atoms with Gasteiger partial charge in [0.05, 0.1) is 40.0 Å². The third-order valence-corrected chi connectivity index (χ3v) is 13.4. The van der Waals surface area contributed by atoms with Crippen molar-refractivity contribution in [3.05, 3.63) is 228 Å². The van der Waals surface area contributed by atoms with Crippen LogP contribution in [0.4, 0.5) is 0 Å². The summed E-state index contributed by atoms with van der Waals surface area (Å²) in [5.74, 6) is -5.41. The monoisotopic (exact) mass is 1100 g/mol. The largest absolute Gasteiger partial charge is 0.459 e. The zero-order valence-corrected chi connectivity index (χ0v) is 44.4. The Labute approximate surface area is 469 Å². The van der Waals surface area contributed by atoms with Crippen molar-refractivity contribution in [1.82, 2.24) is 0 Å². The summed E-state index contributed by atoms with van der Waals surface area (Å²) < 4.78 is 63.8. The molecule has 6 aromatic rings. The molecule has 6 aromatic carbocycles. The molecule has 2 aliphatic heterocycles. The molecular formula is C64H64O17.